The zero-order valence-electron chi connectivity index (χ0n) is 12.5. The van der Waals surface area contributed by atoms with Crippen LogP contribution in [0.2, 0.25) is 0 Å². The van der Waals surface area contributed by atoms with Crippen molar-refractivity contribution in [2.75, 3.05) is 19.6 Å². The van der Waals surface area contributed by atoms with Gasteiger partial charge < -0.3 is 9.47 Å². The van der Waals surface area contributed by atoms with Crippen LogP contribution in [-0.4, -0.2) is 43.2 Å². The fraction of sp³-hybridized carbons (Fsp3) is 0.615. The minimum atomic E-state index is -0.312. The van der Waals surface area contributed by atoms with E-state index in [4.69, 9.17) is 0 Å². The summed E-state index contributed by atoms with van der Waals surface area (Å²) in [5.41, 5.74) is 0.317. The first-order valence-corrected chi connectivity index (χ1v) is 6.84. The Hall–Kier alpha value is -1.89. The van der Waals surface area contributed by atoms with Gasteiger partial charge in [0.15, 0.2) is 11.2 Å². The first-order valence-electron chi connectivity index (χ1n) is 6.84. The van der Waals surface area contributed by atoms with Crippen LogP contribution in [0.1, 0.15) is 13.8 Å². The zero-order chi connectivity index (χ0) is 14.9. The zero-order valence-corrected chi connectivity index (χ0v) is 12.5. The van der Waals surface area contributed by atoms with E-state index in [1.165, 1.54) is 7.05 Å². The molecule has 0 aliphatic rings. The molecule has 0 aliphatic heterocycles. The maximum absolute atomic E-state index is 12.3. The second-order valence-electron chi connectivity index (χ2n) is 4.85. The first kappa shape index (κ1) is 14.5. The van der Waals surface area contributed by atoms with E-state index in [0.717, 1.165) is 24.2 Å². The standard InChI is InChI=1S/C13H21N5O2/c1-5-17(6-2)7-8-18-11-10(15(3)9-14-11)12(19)16(4)13(18)20/h9H,5-8H2,1-4H3. The van der Waals surface area contributed by atoms with Gasteiger partial charge in [0.1, 0.15) is 0 Å². The number of imidazole rings is 1. The summed E-state index contributed by atoms with van der Waals surface area (Å²) in [6.45, 7) is 7.33. The number of likely N-dealkylation sites (N-methyl/N-ethyl adjacent to an activating group) is 1. The molecular formula is C13H21N5O2. The highest BCUT2D eigenvalue weighted by Crippen LogP contribution is 2.04. The minimum absolute atomic E-state index is 0.302. The molecule has 0 saturated carbocycles. The SMILES string of the molecule is CCN(CC)CCn1c(=O)n(C)c(=O)c2c1ncn2C. The highest BCUT2D eigenvalue weighted by molar-refractivity contribution is 5.69. The number of fused-ring (bicyclic) bond motifs is 1. The molecule has 0 spiro atoms. The highest BCUT2D eigenvalue weighted by atomic mass is 16.2. The van der Waals surface area contributed by atoms with Gasteiger partial charge in [-0.2, -0.15) is 0 Å². The summed E-state index contributed by atoms with van der Waals surface area (Å²) in [5, 5.41) is 0. The number of rotatable bonds is 5. The van der Waals surface area contributed by atoms with Crippen molar-refractivity contribution in [1.82, 2.24) is 23.6 Å². The minimum Gasteiger partial charge on any atom is -0.328 e. The quantitative estimate of drug-likeness (QED) is 0.759. The summed E-state index contributed by atoms with van der Waals surface area (Å²) in [5.74, 6) is 0. The highest BCUT2D eigenvalue weighted by Gasteiger charge is 2.15. The summed E-state index contributed by atoms with van der Waals surface area (Å²) in [7, 11) is 3.26. The molecule has 20 heavy (non-hydrogen) atoms. The number of aromatic nitrogens is 4. The van der Waals surface area contributed by atoms with Crippen LogP contribution in [0.5, 0.6) is 0 Å². The monoisotopic (exact) mass is 279 g/mol. The molecule has 0 atom stereocenters. The van der Waals surface area contributed by atoms with Gasteiger partial charge in [0.25, 0.3) is 5.56 Å². The molecule has 7 heteroatoms. The van der Waals surface area contributed by atoms with Gasteiger partial charge in [-0.3, -0.25) is 13.9 Å². The van der Waals surface area contributed by atoms with Crippen LogP contribution in [0.25, 0.3) is 11.2 Å². The van der Waals surface area contributed by atoms with Crippen molar-refractivity contribution in [1.29, 1.82) is 0 Å². The molecule has 0 unspecified atom stereocenters. The van der Waals surface area contributed by atoms with Crippen molar-refractivity contribution in [2.24, 2.45) is 14.1 Å². The van der Waals surface area contributed by atoms with Crippen LogP contribution < -0.4 is 11.2 Å². The van der Waals surface area contributed by atoms with Crippen molar-refractivity contribution in [3.05, 3.63) is 27.2 Å². The Morgan fingerprint density at radius 3 is 2.45 bits per heavy atom. The van der Waals surface area contributed by atoms with Gasteiger partial charge in [-0.25, -0.2) is 9.78 Å². The van der Waals surface area contributed by atoms with E-state index in [1.807, 2.05) is 0 Å². The lowest BCUT2D eigenvalue weighted by Crippen LogP contribution is -2.40. The normalized spacial score (nSPS) is 11.7. The second-order valence-corrected chi connectivity index (χ2v) is 4.85. The van der Waals surface area contributed by atoms with Crippen LogP contribution >= 0.6 is 0 Å². The Morgan fingerprint density at radius 2 is 1.85 bits per heavy atom. The van der Waals surface area contributed by atoms with Crippen LogP contribution in [0, 0.1) is 0 Å². The Kier molecular flexibility index (Phi) is 4.08. The van der Waals surface area contributed by atoms with Gasteiger partial charge in [-0.05, 0) is 13.1 Å². The average Bonchev–Trinajstić information content (AvgIpc) is 2.82. The van der Waals surface area contributed by atoms with Crippen LogP contribution in [0.15, 0.2) is 15.9 Å². The van der Waals surface area contributed by atoms with Gasteiger partial charge in [-0.1, -0.05) is 13.8 Å². The maximum atomic E-state index is 12.3. The molecular weight excluding hydrogens is 258 g/mol. The Labute approximate surface area is 117 Å². The molecule has 2 aromatic heterocycles. The molecule has 2 heterocycles. The molecule has 0 saturated heterocycles. The van der Waals surface area contributed by atoms with Gasteiger partial charge in [-0.15, -0.1) is 0 Å². The summed E-state index contributed by atoms with van der Waals surface area (Å²) in [6, 6.07) is 0. The van der Waals surface area contributed by atoms with E-state index >= 15 is 0 Å². The van der Waals surface area contributed by atoms with Crippen molar-refractivity contribution < 1.29 is 0 Å². The first-order chi connectivity index (χ1) is 9.51. The van der Waals surface area contributed by atoms with E-state index in [-0.39, 0.29) is 11.2 Å². The predicted molar refractivity (Wildman–Crippen MR) is 78.0 cm³/mol. The van der Waals surface area contributed by atoms with Gasteiger partial charge in [0.2, 0.25) is 0 Å². The van der Waals surface area contributed by atoms with Crippen LogP contribution in [0.3, 0.4) is 0 Å². The number of aryl methyl sites for hydroxylation is 1. The van der Waals surface area contributed by atoms with E-state index in [1.54, 1.807) is 22.5 Å². The van der Waals surface area contributed by atoms with E-state index in [0.29, 0.717) is 17.7 Å². The third-order valence-electron chi connectivity index (χ3n) is 3.73. The van der Waals surface area contributed by atoms with E-state index in [2.05, 4.69) is 23.7 Å². The van der Waals surface area contributed by atoms with Crippen LogP contribution in [-0.2, 0) is 20.6 Å². The van der Waals surface area contributed by atoms with E-state index in [9.17, 15) is 9.59 Å². The fourth-order valence-corrected chi connectivity index (χ4v) is 2.36. The molecule has 0 aliphatic carbocycles. The largest absolute Gasteiger partial charge is 0.332 e. The van der Waals surface area contributed by atoms with Crippen molar-refractivity contribution >= 4 is 11.2 Å². The lowest BCUT2D eigenvalue weighted by Gasteiger charge is -2.18. The summed E-state index contributed by atoms with van der Waals surface area (Å²) < 4.78 is 4.38. The Morgan fingerprint density at radius 1 is 1.20 bits per heavy atom. The average molecular weight is 279 g/mol. The molecule has 0 amide bonds. The molecule has 0 fully saturated rings. The van der Waals surface area contributed by atoms with Crippen LogP contribution in [0.4, 0.5) is 0 Å². The molecule has 7 nitrogen and oxygen atoms in total. The molecule has 0 aromatic carbocycles. The Balaban J connectivity index is 2.53. The predicted octanol–water partition coefficient (Wildman–Crippen LogP) is -0.224. The lowest BCUT2D eigenvalue weighted by atomic mass is 10.4. The Bertz CT molecular complexity index is 721. The van der Waals surface area contributed by atoms with Crippen molar-refractivity contribution in [3.8, 4) is 0 Å². The summed E-state index contributed by atoms with van der Waals surface area (Å²) in [6.07, 6.45) is 1.57. The molecule has 0 N–H and O–H groups in total. The number of hydrogen-bond acceptors (Lipinski definition) is 4. The number of hydrogen-bond donors (Lipinski definition) is 0. The smallest absolute Gasteiger partial charge is 0.328 e. The summed E-state index contributed by atoms with van der Waals surface area (Å²) >= 11 is 0. The van der Waals surface area contributed by atoms with Gasteiger partial charge in [0.05, 0.1) is 6.33 Å². The third kappa shape index (κ3) is 2.29. The molecule has 2 aromatic rings. The molecule has 0 bridgehead atoms. The fourth-order valence-electron chi connectivity index (χ4n) is 2.36. The third-order valence-corrected chi connectivity index (χ3v) is 3.73. The molecule has 2 rings (SSSR count). The summed E-state index contributed by atoms with van der Waals surface area (Å²) in [4.78, 5) is 30.8. The lowest BCUT2D eigenvalue weighted by molar-refractivity contribution is 0.289. The topological polar surface area (TPSA) is 65.1 Å². The molecule has 0 radical (unpaired) electrons. The van der Waals surface area contributed by atoms with E-state index < -0.39 is 0 Å². The van der Waals surface area contributed by atoms with Gasteiger partial charge in [0, 0.05) is 27.2 Å². The maximum Gasteiger partial charge on any atom is 0.332 e. The van der Waals surface area contributed by atoms with Crippen molar-refractivity contribution in [2.45, 2.75) is 20.4 Å². The second kappa shape index (κ2) is 5.62. The van der Waals surface area contributed by atoms with Gasteiger partial charge >= 0.3 is 5.69 Å². The van der Waals surface area contributed by atoms with Crippen molar-refractivity contribution in [3.63, 3.8) is 0 Å². The molecule has 110 valence electrons. The number of nitrogens with zero attached hydrogens (tertiary/aromatic N) is 5.